The molecule has 2 aromatic carbocycles. The zero-order chi connectivity index (χ0) is 20.4. The van der Waals surface area contributed by atoms with Crippen molar-refractivity contribution < 1.29 is 17.9 Å². The number of halogens is 3. The summed E-state index contributed by atoms with van der Waals surface area (Å²) in [5.41, 5.74) is 2.26. The van der Waals surface area contributed by atoms with Crippen molar-refractivity contribution in [3.05, 3.63) is 53.8 Å². The van der Waals surface area contributed by atoms with Gasteiger partial charge in [0.05, 0.1) is 0 Å². The van der Waals surface area contributed by atoms with E-state index in [1.807, 2.05) is 12.1 Å². The minimum atomic E-state index is -2.86. The summed E-state index contributed by atoms with van der Waals surface area (Å²) < 4.78 is 43.8. The first-order chi connectivity index (χ1) is 14.0. The van der Waals surface area contributed by atoms with Crippen LogP contribution in [0.25, 0.3) is 11.1 Å². The molecule has 2 aromatic rings. The summed E-state index contributed by atoms with van der Waals surface area (Å²) in [4.78, 5) is 0. The normalized spacial score (nSPS) is 26.9. The molecule has 1 nitrogen and oxygen atoms in total. The Morgan fingerprint density at radius 1 is 0.931 bits per heavy atom. The van der Waals surface area contributed by atoms with Gasteiger partial charge < -0.3 is 4.74 Å². The molecule has 2 saturated carbocycles. The summed E-state index contributed by atoms with van der Waals surface area (Å²) in [6, 6.07) is 11.7. The van der Waals surface area contributed by atoms with Crippen molar-refractivity contribution in [2.24, 2.45) is 17.8 Å². The van der Waals surface area contributed by atoms with E-state index >= 15 is 0 Å². The lowest BCUT2D eigenvalue weighted by Gasteiger charge is -2.42. The summed E-state index contributed by atoms with van der Waals surface area (Å²) in [7, 11) is 0. The Labute approximate surface area is 171 Å². The Balaban J connectivity index is 1.45. The molecule has 156 valence electrons. The maximum atomic E-state index is 14.9. The molecule has 0 saturated heterocycles. The third-order valence-electron chi connectivity index (χ3n) is 7.15. The fourth-order valence-electron chi connectivity index (χ4n) is 5.50. The zero-order valence-corrected chi connectivity index (χ0v) is 16.9. The first-order valence-electron chi connectivity index (χ1n) is 10.9. The molecule has 0 spiro atoms. The van der Waals surface area contributed by atoms with E-state index in [1.54, 1.807) is 18.2 Å². The van der Waals surface area contributed by atoms with E-state index in [2.05, 4.69) is 11.7 Å². The number of rotatable bonds is 5. The summed E-state index contributed by atoms with van der Waals surface area (Å²) in [5.74, 6) is 2.84. The number of benzene rings is 2. The van der Waals surface area contributed by atoms with E-state index in [-0.39, 0.29) is 11.6 Å². The van der Waals surface area contributed by atoms with Gasteiger partial charge >= 0.3 is 6.61 Å². The van der Waals surface area contributed by atoms with Crippen LogP contribution in [-0.2, 0) is 0 Å². The summed E-state index contributed by atoms with van der Waals surface area (Å²) in [5, 5.41) is 0. The fourth-order valence-corrected chi connectivity index (χ4v) is 5.50. The maximum Gasteiger partial charge on any atom is 0.387 e. The minimum Gasteiger partial charge on any atom is -0.435 e. The summed E-state index contributed by atoms with van der Waals surface area (Å²) in [6.45, 7) is -0.552. The van der Waals surface area contributed by atoms with Crippen LogP contribution in [0.15, 0.2) is 42.5 Å². The van der Waals surface area contributed by atoms with Gasteiger partial charge in [-0.3, -0.25) is 0 Å². The van der Waals surface area contributed by atoms with Crippen LogP contribution in [0.5, 0.6) is 5.75 Å². The smallest absolute Gasteiger partial charge is 0.387 e. The molecule has 2 aliphatic rings. The molecule has 0 aliphatic heterocycles. The molecule has 2 fully saturated rings. The van der Waals surface area contributed by atoms with E-state index in [4.69, 9.17) is 0 Å². The number of ether oxygens (including phenoxy) is 1. The molecule has 0 N–H and O–H groups in total. The largest absolute Gasteiger partial charge is 0.435 e. The lowest BCUT2D eigenvalue weighted by atomic mass is 9.63. The Hall–Kier alpha value is -1.97. The molecule has 4 unspecified atom stereocenters. The van der Waals surface area contributed by atoms with Crippen molar-refractivity contribution in [2.75, 3.05) is 0 Å². The van der Waals surface area contributed by atoms with E-state index < -0.39 is 6.61 Å². The average Bonchev–Trinajstić information content (AvgIpc) is 2.73. The predicted molar refractivity (Wildman–Crippen MR) is 110 cm³/mol. The highest BCUT2D eigenvalue weighted by atomic mass is 19.3. The van der Waals surface area contributed by atoms with Crippen LogP contribution in [0.3, 0.4) is 0 Å². The number of hydrogen-bond donors (Lipinski definition) is 0. The van der Waals surface area contributed by atoms with Crippen molar-refractivity contribution in [1.82, 2.24) is 0 Å². The quantitative estimate of drug-likeness (QED) is 0.496. The first kappa shape index (κ1) is 20.3. The molecule has 4 heteroatoms. The van der Waals surface area contributed by atoms with Crippen LogP contribution in [0, 0.1) is 23.6 Å². The highest BCUT2D eigenvalue weighted by Crippen LogP contribution is 2.48. The molecule has 0 heterocycles. The van der Waals surface area contributed by atoms with Crippen LogP contribution < -0.4 is 4.74 Å². The molecule has 0 amide bonds. The van der Waals surface area contributed by atoms with E-state index in [9.17, 15) is 13.2 Å². The van der Waals surface area contributed by atoms with Crippen molar-refractivity contribution in [1.29, 1.82) is 0 Å². The molecule has 4 rings (SSSR count). The predicted octanol–water partition coefficient (Wildman–Crippen LogP) is 7.80. The van der Waals surface area contributed by atoms with Gasteiger partial charge in [-0.1, -0.05) is 44.0 Å². The standard InChI is InChI=1S/C25H29F3O/c1-2-16-3-4-19-14-20(6-5-18(19)13-16)21-9-12-23(24(26)15-21)17-7-10-22(11-8-17)29-25(27)28/h7-12,15-16,18-20,25H,2-6,13-14H2,1H3. The molecule has 4 atom stereocenters. The monoisotopic (exact) mass is 402 g/mol. The molecule has 0 radical (unpaired) electrons. The topological polar surface area (TPSA) is 9.23 Å². The molecule has 29 heavy (non-hydrogen) atoms. The van der Waals surface area contributed by atoms with Crippen LogP contribution in [0.1, 0.15) is 63.4 Å². The van der Waals surface area contributed by atoms with Crippen LogP contribution in [0.2, 0.25) is 0 Å². The second-order valence-electron chi connectivity index (χ2n) is 8.76. The van der Waals surface area contributed by atoms with Gasteiger partial charge in [0.15, 0.2) is 0 Å². The number of fused-ring (bicyclic) bond motifs is 1. The number of hydrogen-bond acceptors (Lipinski definition) is 1. The Kier molecular flexibility index (Phi) is 6.17. The number of alkyl halides is 2. The lowest BCUT2D eigenvalue weighted by molar-refractivity contribution is -0.0498. The highest BCUT2D eigenvalue weighted by molar-refractivity contribution is 5.65. The van der Waals surface area contributed by atoms with Crippen molar-refractivity contribution in [3.8, 4) is 16.9 Å². The molecule has 2 aliphatic carbocycles. The van der Waals surface area contributed by atoms with Crippen molar-refractivity contribution in [3.63, 3.8) is 0 Å². The molecular weight excluding hydrogens is 373 g/mol. The van der Waals surface area contributed by atoms with Gasteiger partial charge in [0.2, 0.25) is 0 Å². The second-order valence-corrected chi connectivity index (χ2v) is 8.76. The molecular formula is C25H29F3O. The lowest BCUT2D eigenvalue weighted by Crippen LogP contribution is -2.30. The highest BCUT2D eigenvalue weighted by Gasteiger charge is 2.35. The zero-order valence-electron chi connectivity index (χ0n) is 16.9. The third kappa shape index (κ3) is 4.62. The second kappa shape index (κ2) is 8.81. The average molecular weight is 403 g/mol. The molecule has 0 aromatic heterocycles. The van der Waals surface area contributed by atoms with E-state index in [0.717, 1.165) is 29.7 Å². The van der Waals surface area contributed by atoms with Crippen molar-refractivity contribution in [2.45, 2.75) is 64.4 Å². The molecule has 0 bridgehead atoms. The van der Waals surface area contributed by atoms with E-state index in [0.29, 0.717) is 17.0 Å². The Bertz CT molecular complexity index is 817. The summed E-state index contributed by atoms with van der Waals surface area (Å²) >= 11 is 0. The van der Waals surface area contributed by atoms with Gasteiger partial charge in [0.1, 0.15) is 11.6 Å². The maximum absolute atomic E-state index is 14.9. The summed E-state index contributed by atoms with van der Waals surface area (Å²) in [6.07, 6.45) is 8.95. The van der Waals surface area contributed by atoms with Gasteiger partial charge in [0, 0.05) is 5.56 Å². The van der Waals surface area contributed by atoms with Gasteiger partial charge in [-0.2, -0.15) is 8.78 Å². The van der Waals surface area contributed by atoms with Crippen LogP contribution >= 0.6 is 0 Å². The Morgan fingerprint density at radius 2 is 1.66 bits per heavy atom. The van der Waals surface area contributed by atoms with Gasteiger partial charge in [-0.15, -0.1) is 0 Å². The minimum absolute atomic E-state index is 0.0790. The SMILES string of the molecule is CCC1CCC2CC(c3ccc(-c4ccc(OC(F)F)cc4)c(F)c3)CCC2C1. The van der Waals surface area contributed by atoms with E-state index in [1.165, 1.54) is 50.7 Å². The van der Waals surface area contributed by atoms with Crippen LogP contribution in [-0.4, -0.2) is 6.61 Å². The fraction of sp³-hybridized carbons (Fsp3) is 0.520. The first-order valence-corrected chi connectivity index (χ1v) is 10.9. The van der Waals surface area contributed by atoms with Gasteiger partial charge in [-0.05, 0) is 85.1 Å². The van der Waals surface area contributed by atoms with Crippen LogP contribution in [0.4, 0.5) is 13.2 Å². The van der Waals surface area contributed by atoms with Crippen molar-refractivity contribution >= 4 is 0 Å². The third-order valence-corrected chi connectivity index (χ3v) is 7.15. The Morgan fingerprint density at radius 3 is 2.34 bits per heavy atom. The van der Waals surface area contributed by atoms with Gasteiger partial charge in [-0.25, -0.2) is 4.39 Å². The van der Waals surface area contributed by atoms with Gasteiger partial charge in [0.25, 0.3) is 0 Å².